The number of primary amides is 1. The molecular formula is C25H26F4N4O5. The van der Waals surface area contributed by atoms with Crippen LogP contribution in [0.2, 0.25) is 0 Å². The van der Waals surface area contributed by atoms with E-state index in [1.807, 2.05) is 0 Å². The molecule has 0 radical (unpaired) electrons. The number of amides is 2. The summed E-state index contributed by atoms with van der Waals surface area (Å²) in [7, 11) is 0. The van der Waals surface area contributed by atoms with Crippen molar-refractivity contribution in [1.82, 2.24) is 14.5 Å². The molecule has 38 heavy (non-hydrogen) atoms. The van der Waals surface area contributed by atoms with Gasteiger partial charge in [0.25, 0.3) is 11.8 Å². The number of halogens is 4. The lowest BCUT2D eigenvalue weighted by Crippen LogP contribution is -2.52. The van der Waals surface area contributed by atoms with Gasteiger partial charge < -0.3 is 20.3 Å². The zero-order valence-corrected chi connectivity index (χ0v) is 20.6. The average molecular weight is 538 g/mol. The van der Waals surface area contributed by atoms with Crippen molar-refractivity contribution < 1.29 is 37.1 Å². The molecule has 5 rings (SSSR count). The first-order valence-electron chi connectivity index (χ1n) is 12.2. The van der Waals surface area contributed by atoms with Crippen LogP contribution in [0, 0.1) is 17.5 Å². The molecule has 1 aromatic carbocycles. The van der Waals surface area contributed by atoms with Crippen molar-refractivity contribution in [1.29, 1.82) is 0 Å². The van der Waals surface area contributed by atoms with Crippen LogP contribution >= 0.6 is 0 Å². The Morgan fingerprint density at radius 2 is 1.92 bits per heavy atom. The van der Waals surface area contributed by atoms with Gasteiger partial charge in [0.1, 0.15) is 34.8 Å². The molecule has 3 aliphatic rings. The van der Waals surface area contributed by atoms with Crippen LogP contribution in [0.15, 0.2) is 23.1 Å². The summed E-state index contributed by atoms with van der Waals surface area (Å²) < 4.78 is 58.6. The fraction of sp³-hybridized carbons (Fsp3) is 0.480. The van der Waals surface area contributed by atoms with E-state index in [0.717, 1.165) is 11.3 Å². The van der Waals surface area contributed by atoms with Gasteiger partial charge in [-0.05, 0) is 26.7 Å². The highest BCUT2D eigenvalue weighted by Gasteiger charge is 2.57. The molecule has 2 amide bonds. The maximum absolute atomic E-state index is 14.9. The van der Waals surface area contributed by atoms with E-state index in [0.29, 0.717) is 18.6 Å². The van der Waals surface area contributed by atoms with Gasteiger partial charge in [-0.25, -0.2) is 17.6 Å². The fourth-order valence-electron chi connectivity index (χ4n) is 5.88. The Morgan fingerprint density at radius 3 is 2.53 bits per heavy atom. The van der Waals surface area contributed by atoms with Gasteiger partial charge in [0.2, 0.25) is 5.43 Å². The topological polar surface area (TPSA) is 118 Å². The monoisotopic (exact) mass is 538 g/mol. The summed E-state index contributed by atoms with van der Waals surface area (Å²) in [5.74, 6) is -6.08. The van der Waals surface area contributed by atoms with Crippen molar-refractivity contribution in [3.8, 4) is 5.75 Å². The number of aromatic hydroxyl groups is 1. The fourth-order valence-corrected chi connectivity index (χ4v) is 5.88. The van der Waals surface area contributed by atoms with Crippen LogP contribution in [-0.4, -0.2) is 61.9 Å². The molecule has 2 bridgehead atoms. The minimum Gasteiger partial charge on any atom is -0.503 e. The van der Waals surface area contributed by atoms with E-state index in [-0.39, 0.29) is 31.1 Å². The van der Waals surface area contributed by atoms with Crippen LogP contribution in [0.25, 0.3) is 0 Å². The second-order valence-corrected chi connectivity index (χ2v) is 10.2. The molecule has 1 unspecified atom stereocenters. The first-order valence-corrected chi connectivity index (χ1v) is 12.2. The van der Waals surface area contributed by atoms with Gasteiger partial charge in [-0.1, -0.05) is 0 Å². The maximum atomic E-state index is 14.9. The van der Waals surface area contributed by atoms with E-state index in [1.165, 1.54) is 16.4 Å². The molecule has 1 aromatic heterocycles. The summed E-state index contributed by atoms with van der Waals surface area (Å²) in [6, 6.07) is -1.10. The van der Waals surface area contributed by atoms with Crippen molar-refractivity contribution >= 4 is 11.8 Å². The average Bonchev–Trinajstić information content (AvgIpc) is 3.15. The Bertz CT molecular complexity index is 1380. The lowest BCUT2D eigenvalue weighted by atomic mass is 9.82. The maximum Gasteiger partial charge on any atom is 0.274 e. The summed E-state index contributed by atoms with van der Waals surface area (Å²) in [6.07, 6.45) is 0.259. The molecule has 5 atom stereocenters. The largest absolute Gasteiger partial charge is 0.503 e. The number of hydroxylamine groups is 2. The Kier molecular flexibility index (Phi) is 6.26. The first kappa shape index (κ1) is 26.2. The minimum atomic E-state index is -1.52. The van der Waals surface area contributed by atoms with Crippen molar-refractivity contribution in [2.24, 2.45) is 5.73 Å². The molecule has 3 N–H and O–H groups in total. The van der Waals surface area contributed by atoms with Crippen molar-refractivity contribution in [3.63, 3.8) is 0 Å². The van der Waals surface area contributed by atoms with Gasteiger partial charge in [-0.3, -0.25) is 19.2 Å². The smallest absolute Gasteiger partial charge is 0.274 e. The molecule has 1 spiro atoms. The number of benzene rings is 1. The third-order valence-electron chi connectivity index (χ3n) is 7.94. The van der Waals surface area contributed by atoms with Gasteiger partial charge in [-0.15, -0.1) is 0 Å². The van der Waals surface area contributed by atoms with Crippen molar-refractivity contribution in [2.75, 3.05) is 6.54 Å². The molecule has 0 saturated carbocycles. The molecule has 2 saturated heterocycles. The quantitative estimate of drug-likeness (QED) is 0.578. The van der Waals surface area contributed by atoms with Crippen LogP contribution in [0.3, 0.4) is 0 Å². The Hall–Kier alpha value is -3.45. The van der Waals surface area contributed by atoms with Gasteiger partial charge in [-0.2, -0.15) is 5.06 Å². The van der Waals surface area contributed by atoms with E-state index in [2.05, 4.69) is 0 Å². The number of rotatable bonds is 4. The van der Waals surface area contributed by atoms with Gasteiger partial charge in [0.05, 0.1) is 18.6 Å². The van der Waals surface area contributed by atoms with Gasteiger partial charge >= 0.3 is 0 Å². The second-order valence-electron chi connectivity index (χ2n) is 10.2. The van der Waals surface area contributed by atoms with E-state index in [9.17, 15) is 37.1 Å². The molecule has 2 fully saturated rings. The predicted octanol–water partition coefficient (Wildman–Crippen LogP) is 2.55. The van der Waals surface area contributed by atoms with Crippen molar-refractivity contribution in [2.45, 2.75) is 69.6 Å². The van der Waals surface area contributed by atoms with Crippen LogP contribution < -0.4 is 11.2 Å². The predicted molar refractivity (Wildman–Crippen MR) is 124 cm³/mol. The van der Waals surface area contributed by atoms with Crippen LogP contribution in [-0.2, 0) is 11.4 Å². The summed E-state index contributed by atoms with van der Waals surface area (Å²) in [5.41, 5.74) is 1.59. The molecule has 9 nitrogen and oxygen atoms in total. The Balaban J connectivity index is 1.64. The second kappa shape index (κ2) is 9.09. The lowest BCUT2D eigenvalue weighted by molar-refractivity contribution is -0.231. The highest BCUT2D eigenvalue weighted by Crippen LogP contribution is 2.49. The minimum absolute atomic E-state index is 0.0206. The molecular weight excluding hydrogens is 512 g/mol. The van der Waals surface area contributed by atoms with Gasteiger partial charge in [0.15, 0.2) is 11.4 Å². The summed E-state index contributed by atoms with van der Waals surface area (Å²) in [5, 5.41) is 11.8. The number of aromatic nitrogens is 1. The number of nitrogens with two attached hydrogens (primary N) is 1. The number of carbonyl (C=O) groups excluding carboxylic acids is 2. The Labute approximate surface area is 214 Å². The lowest BCUT2D eigenvalue weighted by Gasteiger charge is -2.42. The zero-order chi connectivity index (χ0) is 27.7. The molecule has 0 aliphatic carbocycles. The number of hydrogen-bond acceptors (Lipinski definition) is 6. The molecule has 204 valence electrons. The van der Waals surface area contributed by atoms with Crippen molar-refractivity contribution in [3.05, 3.63) is 62.8 Å². The number of fused-ring (bicyclic) bond motifs is 5. The number of carbonyl (C=O) groups is 2. The molecule has 3 aliphatic heterocycles. The highest BCUT2D eigenvalue weighted by molar-refractivity contribution is 5.99. The molecule has 4 heterocycles. The zero-order valence-electron chi connectivity index (χ0n) is 20.6. The van der Waals surface area contributed by atoms with E-state index in [4.69, 9.17) is 10.6 Å². The number of pyridine rings is 1. The third-order valence-corrected chi connectivity index (χ3v) is 7.94. The van der Waals surface area contributed by atoms with Crippen LogP contribution in [0.4, 0.5) is 17.6 Å². The summed E-state index contributed by atoms with van der Waals surface area (Å²) in [6.45, 7) is 2.56. The van der Waals surface area contributed by atoms with E-state index < -0.39 is 82.0 Å². The van der Waals surface area contributed by atoms with E-state index >= 15 is 0 Å². The van der Waals surface area contributed by atoms with E-state index in [1.54, 1.807) is 6.92 Å². The Morgan fingerprint density at radius 1 is 1.26 bits per heavy atom. The molecule has 13 heteroatoms. The summed E-state index contributed by atoms with van der Waals surface area (Å²) in [4.78, 5) is 45.6. The first-order chi connectivity index (χ1) is 17.8. The molecule has 2 aromatic rings. The van der Waals surface area contributed by atoms with Gasteiger partial charge in [0, 0.05) is 42.9 Å². The number of alkyl halides is 1. The standard InChI is InChI=1S/C25H26F4N4O5/c1-11-3-4-25(7-18(12(2)26)33(38-25)9-14-16(28)5-13(27)6-17(14)29)19-10-31(11)24(37)20-22(35)21(34)15(23(30)36)8-32(19)20/h5-6,8,11-12,18-19,35H,3-4,7,9-10H2,1-2H3,(H2,30,36)/t11-,12+,18?,19+,25-/m0/s1. The van der Waals surface area contributed by atoms with Crippen LogP contribution in [0.1, 0.15) is 65.6 Å². The summed E-state index contributed by atoms with van der Waals surface area (Å²) >= 11 is 0. The normalized spacial score (nSPS) is 27.9. The SMILES string of the molecule is C[C@@H](F)C1C[C@]2(CC[C@H](C)N3C[C@H]2n2cc(C(N)=O)c(=O)c(O)c2C3=O)ON1Cc1c(F)cc(F)cc1F. The number of nitrogens with zero attached hydrogens (tertiary/aromatic N) is 3. The van der Waals surface area contributed by atoms with Crippen LogP contribution in [0.5, 0.6) is 5.75 Å². The number of hydrogen-bond donors (Lipinski definition) is 2. The third kappa shape index (κ3) is 3.95. The highest BCUT2D eigenvalue weighted by atomic mass is 19.1.